The van der Waals surface area contributed by atoms with Crippen molar-refractivity contribution < 1.29 is 4.74 Å². The zero-order valence-electron chi connectivity index (χ0n) is 11.3. The first-order valence-electron chi connectivity index (χ1n) is 6.74. The van der Waals surface area contributed by atoms with Gasteiger partial charge in [0.1, 0.15) is 11.5 Å². The van der Waals surface area contributed by atoms with Crippen molar-refractivity contribution in [3.05, 3.63) is 18.0 Å². The number of piperidine rings is 1. The Hall–Kier alpha value is -1.69. The molecule has 1 atom stereocenters. The number of rotatable bonds is 5. The summed E-state index contributed by atoms with van der Waals surface area (Å²) in [6, 6.07) is 1.65. The van der Waals surface area contributed by atoms with Crippen LogP contribution in [-0.2, 0) is 4.74 Å². The lowest BCUT2D eigenvalue weighted by atomic mass is 10.1. The van der Waals surface area contributed by atoms with E-state index in [1.165, 1.54) is 0 Å². The number of aromatic nitrogens is 2. The summed E-state index contributed by atoms with van der Waals surface area (Å²) in [4.78, 5) is 10.7. The van der Waals surface area contributed by atoms with Crippen LogP contribution in [0.25, 0.3) is 0 Å². The van der Waals surface area contributed by atoms with E-state index in [1.807, 2.05) is 0 Å². The fourth-order valence-corrected chi connectivity index (χ4v) is 2.19. The number of hydrogen-bond acceptors (Lipinski definition) is 5. The predicted octanol–water partition coefficient (Wildman–Crippen LogP) is 1.16. The van der Waals surface area contributed by atoms with Crippen molar-refractivity contribution in [3.63, 3.8) is 0 Å². The molecule has 1 unspecified atom stereocenters. The van der Waals surface area contributed by atoms with Crippen LogP contribution in [0.1, 0.15) is 31.9 Å². The number of amidine groups is 1. The molecular weight excluding hydrogens is 242 g/mol. The lowest BCUT2D eigenvalue weighted by molar-refractivity contribution is 0.0437. The van der Waals surface area contributed by atoms with E-state index in [9.17, 15) is 0 Å². The standard InChI is InChI=1S/C13H21N5O/c1-2-8-19-10-4-3-7-18(9-10)13-16-6-5-11(17-13)12(14)15/h5-6,10H,2-4,7-9H2,1H3,(H3,14,15). The third kappa shape index (κ3) is 3.64. The Kier molecular flexibility index (Phi) is 4.68. The molecule has 1 aliphatic heterocycles. The molecule has 3 N–H and O–H groups in total. The number of nitrogen functional groups attached to an aromatic ring is 1. The fraction of sp³-hybridized carbons (Fsp3) is 0.615. The van der Waals surface area contributed by atoms with Gasteiger partial charge in [-0.05, 0) is 25.3 Å². The summed E-state index contributed by atoms with van der Waals surface area (Å²) < 4.78 is 5.80. The summed E-state index contributed by atoms with van der Waals surface area (Å²) in [5.41, 5.74) is 5.93. The molecule has 0 amide bonds. The third-order valence-corrected chi connectivity index (χ3v) is 3.14. The highest BCUT2D eigenvalue weighted by Gasteiger charge is 2.22. The zero-order chi connectivity index (χ0) is 13.7. The Balaban J connectivity index is 2.04. The van der Waals surface area contributed by atoms with Crippen LogP contribution in [0.15, 0.2) is 12.3 Å². The van der Waals surface area contributed by atoms with E-state index >= 15 is 0 Å². The maximum absolute atomic E-state index is 7.42. The number of hydrogen-bond donors (Lipinski definition) is 2. The van der Waals surface area contributed by atoms with Crippen LogP contribution in [0.3, 0.4) is 0 Å². The minimum atomic E-state index is -0.0283. The molecule has 0 saturated carbocycles. The van der Waals surface area contributed by atoms with E-state index in [1.54, 1.807) is 12.3 Å². The molecular formula is C13H21N5O. The Bertz CT molecular complexity index is 437. The molecule has 104 valence electrons. The molecule has 0 radical (unpaired) electrons. The first kappa shape index (κ1) is 13.7. The van der Waals surface area contributed by atoms with Crippen LogP contribution in [0, 0.1) is 5.41 Å². The molecule has 2 rings (SSSR count). The summed E-state index contributed by atoms with van der Waals surface area (Å²) in [5.74, 6) is 0.608. The van der Waals surface area contributed by atoms with Crippen LogP contribution in [0.4, 0.5) is 5.95 Å². The van der Waals surface area contributed by atoms with Crippen molar-refractivity contribution in [2.75, 3.05) is 24.6 Å². The lowest BCUT2D eigenvalue weighted by Crippen LogP contribution is -2.41. The lowest BCUT2D eigenvalue weighted by Gasteiger charge is -2.32. The second-order valence-electron chi connectivity index (χ2n) is 4.74. The average Bonchev–Trinajstić information content (AvgIpc) is 2.45. The third-order valence-electron chi connectivity index (χ3n) is 3.14. The first-order chi connectivity index (χ1) is 9.20. The van der Waals surface area contributed by atoms with Crippen molar-refractivity contribution in [1.82, 2.24) is 9.97 Å². The first-order valence-corrected chi connectivity index (χ1v) is 6.74. The van der Waals surface area contributed by atoms with E-state index in [-0.39, 0.29) is 11.9 Å². The number of anilines is 1. The topological polar surface area (TPSA) is 88.1 Å². The van der Waals surface area contributed by atoms with Gasteiger partial charge >= 0.3 is 0 Å². The highest BCUT2D eigenvalue weighted by atomic mass is 16.5. The maximum atomic E-state index is 7.42. The van der Waals surface area contributed by atoms with E-state index in [0.29, 0.717) is 11.6 Å². The highest BCUT2D eigenvalue weighted by molar-refractivity contribution is 5.93. The van der Waals surface area contributed by atoms with Crippen molar-refractivity contribution in [1.29, 1.82) is 5.41 Å². The Morgan fingerprint density at radius 2 is 2.47 bits per heavy atom. The van der Waals surface area contributed by atoms with Gasteiger partial charge in [0, 0.05) is 25.9 Å². The maximum Gasteiger partial charge on any atom is 0.226 e. The quantitative estimate of drug-likeness (QED) is 0.614. The summed E-state index contributed by atoms with van der Waals surface area (Å²) in [5, 5.41) is 7.42. The van der Waals surface area contributed by atoms with Gasteiger partial charge in [-0.2, -0.15) is 0 Å². The van der Waals surface area contributed by atoms with Crippen LogP contribution >= 0.6 is 0 Å². The monoisotopic (exact) mass is 263 g/mol. The minimum Gasteiger partial charge on any atom is -0.382 e. The van der Waals surface area contributed by atoms with Gasteiger partial charge < -0.3 is 15.4 Å². The largest absolute Gasteiger partial charge is 0.382 e. The van der Waals surface area contributed by atoms with Crippen LogP contribution in [0.2, 0.25) is 0 Å². The number of nitrogens with one attached hydrogen (secondary N) is 1. The molecule has 6 nitrogen and oxygen atoms in total. The minimum absolute atomic E-state index is 0.0283. The SMILES string of the molecule is CCCOC1CCCN(c2nccc(C(=N)N)n2)C1. The average molecular weight is 263 g/mol. The predicted molar refractivity (Wildman–Crippen MR) is 74.5 cm³/mol. The second-order valence-corrected chi connectivity index (χ2v) is 4.74. The number of ether oxygens (including phenoxy) is 1. The Morgan fingerprint density at radius 1 is 1.63 bits per heavy atom. The van der Waals surface area contributed by atoms with E-state index in [0.717, 1.165) is 39.0 Å². The number of nitrogens with two attached hydrogens (primary N) is 1. The summed E-state index contributed by atoms with van der Waals surface area (Å²) in [6.07, 6.45) is 5.09. The smallest absolute Gasteiger partial charge is 0.226 e. The van der Waals surface area contributed by atoms with Gasteiger partial charge in [-0.1, -0.05) is 6.92 Å². The molecule has 1 saturated heterocycles. The molecule has 19 heavy (non-hydrogen) atoms. The Morgan fingerprint density at radius 3 is 3.21 bits per heavy atom. The van der Waals surface area contributed by atoms with Crippen LogP contribution in [0.5, 0.6) is 0 Å². The van der Waals surface area contributed by atoms with E-state index < -0.39 is 0 Å². The summed E-state index contributed by atoms with van der Waals surface area (Å²) in [6.45, 7) is 4.64. The fourth-order valence-electron chi connectivity index (χ4n) is 2.19. The molecule has 0 aliphatic carbocycles. The second kappa shape index (κ2) is 6.47. The molecule has 1 aromatic rings. The molecule has 0 aromatic carbocycles. The van der Waals surface area contributed by atoms with Crippen LogP contribution in [-0.4, -0.2) is 41.6 Å². The molecule has 2 heterocycles. The summed E-state index contributed by atoms with van der Waals surface area (Å²) in [7, 11) is 0. The van der Waals surface area contributed by atoms with Gasteiger partial charge in [0.25, 0.3) is 0 Å². The van der Waals surface area contributed by atoms with Gasteiger partial charge in [-0.15, -0.1) is 0 Å². The van der Waals surface area contributed by atoms with Gasteiger partial charge in [-0.3, -0.25) is 5.41 Å². The van der Waals surface area contributed by atoms with Crippen molar-refractivity contribution >= 4 is 11.8 Å². The molecule has 1 aromatic heterocycles. The molecule has 1 fully saturated rings. The molecule has 6 heteroatoms. The molecule has 0 bridgehead atoms. The van der Waals surface area contributed by atoms with Crippen molar-refractivity contribution in [2.24, 2.45) is 5.73 Å². The van der Waals surface area contributed by atoms with Crippen molar-refractivity contribution in [3.8, 4) is 0 Å². The van der Waals surface area contributed by atoms with E-state index in [4.69, 9.17) is 15.9 Å². The van der Waals surface area contributed by atoms with Gasteiger partial charge in [0.05, 0.1) is 6.10 Å². The normalized spacial score (nSPS) is 19.4. The molecule has 0 spiro atoms. The van der Waals surface area contributed by atoms with Gasteiger partial charge in [0.15, 0.2) is 0 Å². The van der Waals surface area contributed by atoms with Gasteiger partial charge in [0.2, 0.25) is 5.95 Å². The van der Waals surface area contributed by atoms with Gasteiger partial charge in [-0.25, -0.2) is 9.97 Å². The Labute approximate surface area is 113 Å². The molecule has 1 aliphatic rings. The van der Waals surface area contributed by atoms with E-state index in [2.05, 4.69) is 21.8 Å². The highest BCUT2D eigenvalue weighted by Crippen LogP contribution is 2.18. The summed E-state index contributed by atoms with van der Waals surface area (Å²) >= 11 is 0. The zero-order valence-corrected chi connectivity index (χ0v) is 11.3. The number of nitrogens with zero attached hydrogens (tertiary/aromatic N) is 3. The van der Waals surface area contributed by atoms with Crippen LogP contribution < -0.4 is 10.6 Å². The van der Waals surface area contributed by atoms with Crippen molar-refractivity contribution in [2.45, 2.75) is 32.3 Å².